The predicted octanol–water partition coefficient (Wildman–Crippen LogP) is 7.55. The van der Waals surface area contributed by atoms with Crippen molar-refractivity contribution in [1.82, 2.24) is 0 Å². The van der Waals surface area contributed by atoms with Crippen molar-refractivity contribution in [2.45, 2.75) is 103 Å². The van der Waals surface area contributed by atoms with Crippen LogP contribution in [-0.4, -0.2) is 13.2 Å². The zero-order chi connectivity index (χ0) is 17.7. The summed E-state index contributed by atoms with van der Waals surface area (Å²) in [5, 5.41) is 0. The maximum Gasteiger partial charge on any atom is 0.0644 e. The molecule has 0 spiro atoms. The van der Waals surface area contributed by atoms with Gasteiger partial charge in [0.25, 0.3) is 0 Å². The van der Waals surface area contributed by atoms with Gasteiger partial charge in [-0.25, -0.2) is 0 Å². The van der Waals surface area contributed by atoms with E-state index >= 15 is 0 Å². The molecule has 0 N–H and O–H groups in total. The Morgan fingerprint density at radius 2 is 1.32 bits per heavy atom. The highest BCUT2D eigenvalue weighted by molar-refractivity contribution is 4.82. The van der Waals surface area contributed by atoms with E-state index in [9.17, 15) is 0 Å². The van der Waals surface area contributed by atoms with Crippen LogP contribution in [0.2, 0.25) is 0 Å². The van der Waals surface area contributed by atoms with Gasteiger partial charge in [0.15, 0.2) is 0 Å². The van der Waals surface area contributed by atoms with Gasteiger partial charge < -0.3 is 4.74 Å². The molecule has 2 fully saturated rings. The molecule has 0 bridgehead atoms. The van der Waals surface area contributed by atoms with E-state index in [4.69, 9.17) is 4.74 Å². The summed E-state index contributed by atoms with van der Waals surface area (Å²) >= 11 is 0. The Bertz CT molecular complexity index is 321. The molecule has 0 aliphatic heterocycles. The number of ether oxygens (including phenoxy) is 1. The highest BCUT2D eigenvalue weighted by Crippen LogP contribution is 2.42. The van der Waals surface area contributed by atoms with Gasteiger partial charge in [-0.15, -0.1) is 6.58 Å². The van der Waals surface area contributed by atoms with E-state index in [1.807, 2.05) is 6.08 Å². The molecule has 25 heavy (non-hydrogen) atoms. The smallest absolute Gasteiger partial charge is 0.0644 e. The zero-order valence-electron chi connectivity index (χ0n) is 17.0. The molecule has 1 heteroatoms. The summed E-state index contributed by atoms with van der Waals surface area (Å²) in [6, 6.07) is 0. The summed E-state index contributed by atoms with van der Waals surface area (Å²) in [6.07, 6.45) is 24.0. The predicted molar refractivity (Wildman–Crippen MR) is 110 cm³/mol. The lowest BCUT2D eigenvalue weighted by atomic mass is 9.69. The molecule has 2 saturated carbocycles. The molecule has 0 aromatic carbocycles. The fourth-order valence-corrected chi connectivity index (χ4v) is 5.31. The average Bonchev–Trinajstić information content (AvgIpc) is 2.66. The Balaban J connectivity index is 1.51. The monoisotopic (exact) mass is 348 g/mol. The van der Waals surface area contributed by atoms with Crippen LogP contribution in [0.15, 0.2) is 12.7 Å². The number of hydrogen-bond donors (Lipinski definition) is 0. The molecule has 0 amide bonds. The third kappa shape index (κ3) is 8.29. The first-order chi connectivity index (χ1) is 12.3. The van der Waals surface area contributed by atoms with E-state index < -0.39 is 0 Å². The van der Waals surface area contributed by atoms with Crippen LogP contribution in [0.5, 0.6) is 0 Å². The Hall–Kier alpha value is -0.300. The van der Waals surface area contributed by atoms with Crippen LogP contribution in [0.25, 0.3) is 0 Å². The second-order valence-corrected chi connectivity index (χ2v) is 8.94. The van der Waals surface area contributed by atoms with Crippen LogP contribution < -0.4 is 0 Å². The molecule has 0 heterocycles. The third-order valence-corrected chi connectivity index (χ3v) is 7.00. The van der Waals surface area contributed by atoms with Crippen molar-refractivity contribution >= 4 is 0 Å². The summed E-state index contributed by atoms with van der Waals surface area (Å²) in [7, 11) is 0. The van der Waals surface area contributed by atoms with Crippen LogP contribution >= 0.6 is 0 Å². The largest absolute Gasteiger partial charge is 0.377 e. The lowest BCUT2D eigenvalue weighted by molar-refractivity contribution is 0.0779. The van der Waals surface area contributed by atoms with Gasteiger partial charge in [-0.1, -0.05) is 70.8 Å². The van der Waals surface area contributed by atoms with E-state index in [1.54, 1.807) is 0 Å². The van der Waals surface area contributed by atoms with E-state index in [1.165, 1.54) is 96.3 Å². The van der Waals surface area contributed by atoms with Crippen molar-refractivity contribution in [1.29, 1.82) is 0 Å². The van der Waals surface area contributed by atoms with E-state index in [2.05, 4.69) is 13.5 Å². The summed E-state index contributed by atoms with van der Waals surface area (Å²) in [5.41, 5.74) is 0. The van der Waals surface area contributed by atoms with Gasteiger partial charge in [0.2, 0.25) is 0 Å². The molecule has 0 aromatic rings. The maximum absolute atomic E-state index is 5.67. The second kappa shape index (κ2) is 13.0. The number of rotatable bonds is 12. The minimum Gasteiger partial charge on any atom is -0.377 e. The summed E-state index contributed by atoms with van der Waals surface area (Å²) < 4.78 is 5.67. The molecule has 0 unspecified atom stereocenters. The summed E-state index contributed by atoms with van der Waals surface area (Å²) in [4.78, 5) is 0. The normalized spacial score (nSPS) is 30.3. The Morgan fingerprint density at radius 3 is 1.92 bits per heavy atom. The number of hydrogen-bond acceptors (Lipinski definition) is 1. The van der Waals surface area contributed by atoms with Crippen LogP contribution in [0.4, 0.5) is 0 Å². The summed E-state index contributed by atoms with van der Waals surface area (Å²) in [6.45, 7) is 7.73. The molecular formula is C24H44O. The Morgan fingerprint density at radius 1 is 0.760 bits per heavy atom. The SMILES string of the molecule is C=CCOC[C@H]1CC[C@H]([C@H]2CC[C@H](CCCCCCCC)CC2)CC1. The lowest BCUT2D eigenvalue weighted by Crippen LogP contribution is -2.27. The molecule has 2 rings (SSSR count). The van der Waals surface area contributed by atoms with Crippen molar-refractivity contribution in [2.75, 3.05) is 13.2 Å². The number of unbranched alkanes of at least 4 members (excludes halogenated alkanes) is 5. The van der Waals surface area contributed by atoms with Gasteiger partial charge >= 0.3 is 0 Å². The van der Waals surface area contributed by atoms with Crippen molar-refractivity contribution in [2.24, 2.45) is 23.7 Å². The molecule has 0 saturated heterocycles. The quantitative estimate of drug-likeness (QED) is 0.261. The van der Waals surface area contributed by atoms with Crippen molar-refractivity contribution in [3.05, 3.63) is 12.7 Å². The van der Waals surface area contributed by atoms with E-state index in [0.29, 0.717) is 0 Å². The van der Waals surface area contributed by atoms with E-state index in [-0.39, 0.29) is 0 Å². The second-order valence-electron chi connectivity index (χ2n) is 8.94. The van der Waals surface area contributed by atoms with Gasteiger partial charge in [0.1, 0.15) is 0 Å². The molecular weight excluding hydrogens is 304 g/mol. The average molecular weight is 349 g/mol. The topological polar surface area (TPSA) is 9.23 Å². The van der Waals surface area contributed by atoms with Crippen LogP contribution in [-0.2, 0) is 4.74 Å². The molecule has 0 aromatic heterocycles. The molecule has 0 atom stereocenters. The van der Waals surface area contributed by atoms with E-state index in [0.717, 1.165) is 36.9 Å². The fraction of sp³-hybridized carbons (Fsp3) is 0.917. The van der Waals surface area contributed by atoms with Gasteiger partial charge in [-0.2, -0.15) is 0 Å². The van der Waals surface area contributed by atoms with Crippen molar-refractivity contribution < 1.29 is 4.74 Å². The van der Waals surface area contributed by atoms with Gasteiger partial charge in [0, 0.05) is 6.61 Å². The highest BCUT2D eigenvalue weighted by Gasteiger charge is 2.30. The first kappa shape index (κ1) is 21.0. The highest BCUT2D eigenvalue weighted by atomic mass is 16.5. The van der Waals surface area contributed by atoms with Crippen LogP contribution in [0.1, 0.15) is 103 Å². The molecule has 1 nitrogen and oxygen atoms in total. The standard InChI is InChI=1S/C24H44O/c1-3-5-6-7-8-9-10-21-11-15-23(16-12-21)24-17-13-22(14-18-24)20-25-19-4-2/h4,21-24H,2-3,5-20H2,1H3/t21-,22-,23-,24-. The molecule has 0 radical (unpaired) electrons. The first-order valence-corrected chi connectivity index (χ1v) is 11.5. The summed E-state index contributed by atoms with van der Waals surface area (Å²) in [5.74, 6) is 3.97. The minimum absolute atomic E-state index is 0.725. The first-order valence-electron chi connectivity index (χ1n) is 11.5. The molecule has 2 aliphatic rings. The van der Waals surface area contributed by atoms with Crippen molar-refractivity contribution in [3.63, 3.8) is 0 Å². The zero-order valence-corrected chi connectivity index (χ0v) is 17.0. The van der Waals surface area contributed by atoms with Crippen LogP contribution in [0.3, 0.4) is 0 Å². The molecule has 146 valence electrons. The van der Waals surface area contributed by atoms with Gasteiger partial charge in [-0.05, 0) is 62.2 Å². The molecule has 2 aliphatic carbocycles. The Labute approximate surface area is 158 Å². The van der Waals surface area contributed by atoms with Gasteiger partial charge in [-0.3, -0.25) is 0 Å². The van der Waals surface area contributed by atoms with Crippen LogP contribution in [0, 0.1) is 23.7 Å². The Kier molecular flexibility index (Phi) is 10.9. The third-order valence-electron chi connectivity index (χ3n) is 7.00. The maximum atomic E-state index is 5.67. The van der Waals surface area contributed by atoms with Crippen molar-refractivity contribution in [3.8, 4) is 0 Å². The van der Waals surface area contributed by atoms with Gasteiger partial charge in [0.05, 0.1) is 6.61 Å². The minimum atomic E-state index is 0.725. The lowest BCUT2D eigenvalue weighted by Gasteiger charge is -2.38. The fourth-order valence-electron chi connectivity index (χ4n) is 5.31.